The van der Waals surface area contributed by atoms with Crippen molar-refractivity contribution in [1.82, 2.24) is 10.2 Å². The van der Waals surface area contributed by atoms with E-state index >= 15 is 0 Å². The minimum Gasteiger partial charge on any atom is -0.467 e. The fraction of sp³-hybridized carbons (Fsp3) is 0.579. The van der Waals surface area contributed by atoms with E-state index in [0.717, 1.165) is 19.5 Å². The lowest BCUT2D eigenvalue weighted by molar-refractivity contribution is -0.155. The van der Waals surface area contributed by atoms with E-state index in [-0.39, 0.29) is 5.91 Å². The molecule has 1 fully saturated rings. The molecule has 1 amide bonds. The van der Waals surface area contributed by atoms with Crippen LogP contribution in [0.2, 0.25) is 0 Å². The Kier molecular flexibility index (Phi) is 6.96. The number of carbonyl (C=O) groups is 2. The zero-order chi connectivity index (χ0) is 18.3. The third kappa shape index (κ3) is 4.80. The molecule has 1 aliphatic heterocycles. The maximum absolute atomic E-state index is 12.5. The Morgan fingerprint density at radius 1 is 1.28 bits per heavy atom. The number of amides is 1. The highest BCUT2D eigenvalue weighted by molar-refractivity contribution is 5.90. The molecule has 1 aliphatic rings. The Hall–Kier alpha value is -1.92. The van der Waals surface area contributed by atoms with Gasteiger partial charge in [0, 0.05) is 20.2 Å². The van der Waals surface area contributed by atoms with Crippen LogP contribution in [0, 0.1) is 0 Å². The molecule has 6 nitrogen and oxygen atoms in total. The van der Waals surface area contributed by atoms with Crippen LogP contribution in [0.15, 0.2) is 30.3 Å². The van der Waals surface area contributed by atoms with Crippen molar-refractivity contribution in [3.05, 3.63) is 35.9 Å². The number of hydrogen-bond donors (Lipinski definition) is 1. The minimum atomic E-state index is -1.02. The molecule has 2 unspecified atom stereocenters. The number of nitrogens with one attached hydrogen (secondary N) is 1. The standard InChI is InChI=1S/C19H28N2O4/c1-4-16(24-2)17(22)20-19(18(23)25-3)11-8-12-21(14-19)13-15-9-6-5-7-10-15/h5-7,9-10,16H,4,8,11-14H2,1-3H3,(H,20,22). The number of piperidine rings is 1. The molecule has 1 aromatic carbocycles. The van der Waals surface area contributed by atoms with E-state index in [1.807, 2.05) is 25.1 Å². The Morgan fingerprint density at radius 2 is 2.00 bits per heavy atom. The molecule has 2 atom stereocenters. The van der Waals surface area contributed by atoms with Crippen LogP contribution < -0.4 is 5.32 Å². The highest BCUT2D eigenvalue weighted by atomic mass is 16.5. The Bertz CT molecular complexity index is 574. The van der Waals surface area contributed by atoms with Gasteiger partial charge in [-0.05, 0) is 31.4 Å². The van der Waals surface area contributed by atoms with Gasteiger partial charge in [-0.15, -0.1) is 0 Å². The molecule has 2 rings (SSSR count). The lowest BCUT2D eigenvalue weighted by atomic mass is 9.88. The smallest absolute Gasteiger partial charge is 0.332 e. The van der Waals surface area contributed by atoms with Gasteiger partial charge in [0.1, 0.15) is 6.10 Å². The van der Waals surface area contributed by atoms with E-state index in [9.17, 15) is 9.59 Å². The highest BCUT2D eigenvalue weighted by Crippen LogP contribution is 2.25. The van der Waals surface area contributed by atoms with Crippen molar-refractivity contribution in [1.29, 1.82) is 0 Å². The van der Waals surface area contributed by atoms with Crippen molar-refractivity contribution in [3.8, 4) is 0 Å². The summed E-state index contributed by atoms with van der Waals surface area (Å²) in [5, 5.41) is 2.92. The van der Waals surface area contributed by atoms with E-state index < -0.39 is 17.6 Å². The first-order valence-electron chi connectivity index (χ1n) is 8.74. The van der Waals surface area contributed by atoms with Crippen LogP contribution in [0.5, 0.6) is 0 Å². The van der Waals surface area contributed by atoms with Crippen molar-refractivity contribution in [2.24, 2.45) is 0 Å². The molecular formula is C19H28N2O4. The van der Waals surface area contributed by atoms with Gasteiger partial charge >= 0.3 is 5.97 Å². The summed E-state index contributed by atoms with van der Waals surface area (Å²) in [5.74, 6) is -0.665. The average Bonchev–Trinajstić information content (AvgIpc) is 2.63. The number of methoxy groups -OCH3 is 2. The number of likely N-dealkylation sites (tertiary alicyclic amines) is 1. The monoisotopic (exact) mass is 348 g/mol. The van der Waals surface area contributed by atoms with Gasteiger partial charge in [0.25, 0.3) is 0 Å². The molecule has 0 spiro atoms. The number of esters is 1. The molecule has 0 bridgehead atoms. The van der Waals surface area contributed by atoms with E-state index in [4.69, 9.17) is 9.47 Å². The second-order valence-electron chi connectivity index (χ2n) is 6.50. The first kappa shape index (κ1) is 19.4. The van der Waals surface area contributed by atoms with E-state index in [0.29, 0.717) is 19.4 Å². The fourth-order valence-corrected chi connectivity index (χ4v) is 3.41. The minimum absolute atomic E-state index is 0.267. The molecule has 0 saturated carbocycles. The summed E-state index contributed by atoms with van der Waals surface area (Å²) >= 11 is 0. The van der Waals surface area contributed by atoms with Crippen molar-refractivity contribution in [2.75, 3.05) is 27.3 Å². The first-order valence-corrected chi connectivity index (χ1v) is 8.74. The molecule has 0 aliphatic carbocycles. The lowest BCUT2D eigenvalue weighted by Gasteiger charge is -2.41. The Labute approximate surface area is 149 Å². The van der Waals surface area contributed by atoms with Crippen LogP contribution in [0.4, 0.5) is 0 Å². The molecule has 138 valence electrons. The zero-order valence-electron chi connectivity index (χ0n) is 15.3. The second-order valence-corrected chi connectivity index (χ2v) is 6.50. The van der Waals surface area contributed by atoms with Crippen LogP contribution in [-0.2, 0) is 25.6 Å². The van der Waals surface area contributed by atoms with Crippen LogP contribution in [-0.4, -0.2) is 55.7 Å². The molecule has 25 heavy (non-hydrogen) atoms. The van der Waals surface area contributed by atoms with Crippen molar-refractivity contribution in [3.63, 3.8) is 0 Å². The van der Waals surface area contributed by atoms with Gasteiger partial charge in [0.2, 0.25) is 5.91 Å². The largest absolute Gasteiger partial charge is 0.467 e. The number of nitrogens with zero attached hydrogens (tertiary/aromatic N) is 1. The molecule has 1 aromatic rings. The van der Waals surface area contributed by atoms with Crippen LogP contribution in [0.25, 0.3) is 0 Å². The fourth-order valence-electron chi connectivity index (χ4n) is 3.41. The van der Waals surface area contributed by atoms with Crippen molar-refractivity contribution >= 4 is 11.9 Å². The van der Waals surface area contributed by atoms with E-state index in [1.54, 1.807) is 0 Å². The van der Waals surface area contributed by atoms with Crippen LogP contribution in [0.3, 0.4) is 0 Å². The van der Waals surface area contributed by atoms with Crippen molar-refractivity contribution in [2.45, 2.75) is 44.4 Å². The predicted octanol–water partition coefficient (Wildman–Crippen LogP) is 1.74. The summed E-state index contributed by atoms with van der Waals surface area (Å²) in [5.41, 5.74) is 0.156. The molecule has 1 N–H and O–H groups in total. The predicted molar refractivity (Wildman–Crippen MR) is 94.9 cm³/mol. The first-order chi connectivity index (χ1) is 12.0. The summed E-state index contributed by atoms with van der Waals surface area (Å²) in [7, 11) is 2.86. The number of hydrogen-bond acceptors (Lipinski definition) is 5. The van der Waals surface area contributed by atoms with Gasteiger partial charge in [-0.1, -0.05) is 37.3 Å². The van der Waals surface area contributed by atoms with Gasteiger partial charge in [-0.25, -0.2) is 4.79 Å². The van der Waals surface area contributed by atoms with E-state index in [2.05, 4.69) is 22.3 Å². The van der Waals surface area contributed by atoms with Gasteiger partial charge in [0.15, 0.2) is 5.54 Å². The summed E-state index contributed by atoms with van der Waals surface area (Å²) in [6.45, 7) is 3.92. The number of rotatable bonds is 7. The third-order valence-corrected chi connectivity index (χ3v) is 4.71. The Morgan fingerprint density at radius 3 is 2.60 bits per heavy atom. The lowest BCUT2D eigenvalue weighted by Crippen LogP contribution is -2.64. The zero-order valence-corrected chi connectivity index (χ0v) is 15.3. The van der Waals surface area contributed by atoms with Crippen LogP contribution in [0.1, 0.15) is 31.7 Å². The summed E-state index contributed by atoms with van der Waals surface area (Å²) < 4.78 is 10.2. The topological polar surface area (TPSA) is 67.9 Å². The second kappa shape index (κ2) is 8.97. The molecular weight excluding hydrogens is 320 g/mol. The molecule has 0 radical (unpaired) electrons. The summed E-state index contributed by atoms with van der Waals surface area (Å²) in [6, 6.07) is 10.1. The van der Waals surface area contributed by atoms with Crippen LogP contribution >= 0.6 is 0 Å². The number of ether oxygens (including phenoxy) is 2. The third-order valence-electron chi connectivity index (χ3n) is 4.71. The maximum atomic E-state index is 12.5. The van der Waals surface area contributed by atoms with Gasteiger partial charge < -0.3 is 14.8 Å². The van der Waals surface area contributed by atoms with Gasteiger partial charge in [0.05, 0.1) is 7.11 Å². The number of benzene rings is 1. The average molecular weight is 348 g/mol. The quantitative estimate of drug-likeness (QED) is 0.760. The normalized spacial score (nSPS) is 22.2. The molecule has 0 aromatic heterocycles. The summed E-state index contributed by atoms with van der Waals surface area (Å²) in [4.78, 5) is 27.2. The summed E-state index contributed by atoms with van der Waals surface area (Å²) in [6.07, 6.45) is 1.36. The molecule has 1 heterocycles. The van der Waals surface area contributed by atoms with Gasteiger partial charge in [-0.3, -0.25) is 9.69 Å². The van der Waals surface area contributed by atoms with Crippen molar-refractivity contribution < 1.29 is 19.1 Å². The van der Waals surface area contributed by atoms with E-state index in [1.165, 1.54) is 19.8 Å². The Balaban J connectivity index is 2.15. The number of carbonyl (C=O) groups excluding carboxylic acids is 2. The molecule has 1 saturated heterocycles. The maximum Gasteiger partial charge on any atom is 0.332 e. The molecule has 6 heteroatoms. The SMILES string of the molecule is CCC(OC)C(=O)NC1(C(=O)OC)CCCN(Cc2ccccc2)C1. The van der Waals surface area contributed by atoms with Gasteiger partial charge in [-0.2, -0.15) is 0 Å². The highest BCUT2D eigenvalue weighted by Gasteiger charge is 2.45.